The third-order valence-corrected chi connectivity index (χ3v) is 3.29. The highest BCUT2D eigenvalue weighted by Gasteiger charge is 2.12. The first kappa shape index (κ1) is 19.7. The van der Waals surface area contributed by atoms with E-state index in [0.717, 1.165) is 23.6 Å². The lowest BCUT2D eigenvalue weighted by atomic mass is 10.3. The van der Waals surface area contributed by atoms with Gasteiger partial charge in [0.2, 0.25) is 0 Å². The average Bonchev–Trinajstić information content (AvgIpc) is 3.16. The van der Waals surface area contributed by atoms with Crippen molar-refractivity contribution in [3.63, 3.8) is 0 Å². The normalized spacial score (nSPS) is 10.1. The van der Waals surface area contributed by atoms with Gasteiger partial charge in [0.25, 0.3) is 11.1 Å². The lowest BCUT2D eigenvalue weighted by Gasteiger charge is -1.99. The monoisotopic (exact) mass is 359 g/mol. The quantitative estimate of drug-likeness (QED) is 0.309. The molecule has 0 bridgehead atoms. The van der Waals surface area contributed by atoms with E-state index in [2.05, 4.69) is 15.5 Å². The minimum Gasteiger partial charge on any atom is -0.473 e. The van der Waals surface area contributed by atoms with Gasteiger partial charge in [-0.25, -0.2) is 9.59 Å². The average molecular weight is 359 g/mol. The fraction of sp³-hybridized carbons (Fsp3) is 0.385. The fourth-order valence-electron chi connectivity index (χ4n) is 1.40. The molecule has 2 rings (SSSR count). The maximum Gasteiger partial charge on any atom is 0.414 e. The second-order valence-corrected chi connectivity index (χ2v) is 5.24. The molecule has 0 aliphatic rings. The maximum atomic E-state index is 9.10. The highest BCUT2D eigenvalue weighted by Crippen LogP contribution is 2.25. The van der Waals surface area contributed by atoms with Crippen molar-refractivity contribution >= 4 is 23.7 Å². The van der Waals surface area contributed by atoms with E-state index in [1.54, 1.807) is 12.3 Å². The van der Waals surface area contributed by atoms with Gasteiger partial charge in [-0.2, -0.15) is 0 Å². The largest absolute Gasteiger partial charge is 0.473 e. The Labute approximate surface area is 140 Å². The number of nitrogens with zero attached hydrogens (tertiary/aromatic N) is 2. The summed E-state index contributed by atoms with van der Waals surface area (Å²) < 4.78 is 10.7. The molecule has 24 heavy (non-hydrogen) atoms. The van der Waals surface area contributed by atoms with Gasteiger partial charge in [0, 0.05) is 18.8 Å². The van der Waals surface area contributed by atoms with Crippen LogP contribution in [0.25, 0.3) is 11.5 Å². The number of carboxylic acids is 2. The number of aliphatic carboxylic acids is 2. The van der Waals surface area contributed by atoms with Gasteiger partial charge in [0.15, 0.2) is 0 Å². The van der Waals surface area contributed by atoms with E-state index < -0.39 is 11.9 Å². The predicted molar refractivity (Wildman–Crippen MR) is 82.7 cm³/mol. The molecule has 0 spiro atoms. The lowest BCUT2D eigenvalue weighted by Crippen LogP contribution is -2.20. The zero-order valence-electron chi connectivity index (χ0n) is 12.8. The maximum absolute atomic E-state index is 9.10. The third kappa shape index (κ3) is 6.81. The first-order valence-corrected chi connectivity index (χ1v) is 7.72. The molecule has 0 radical (unpaired) electrons. The number of nitrogens with one attached hydrogen (secondary N) is 1. The summed E-state index contributed by atoms with van der Waals surface area (Å²) >= 11 is 1.48. The first-order chi connectivity index (χ1) is 11.5. The molecule has 0 aromatic carbocycles. The Morgan fingerprint density at radius 2 is 1.96 bits per heavy atom. The number of hydrogen-bond donors (Lipinski definition) is 4. The molecule has 11 heteroatoms. The Balaban J connectivity index is 0.000000413. The number of aromatic nitrogens is 2. The van der Waals surface area contributed by atoms with Crippen molar-refractivity contribution in [1.82, 2.24) is 15.5 Å². The van der Waals surface area contributed by atoms with Crippen LogP contribution in [-0.2, 0) is 9.59 Å². The van der Waals surface area contributed by atoms with E-state index in [4.69, 9.17) is 33.7 Å². The summed E-state index contributed by atoms with van der Waals surface area (Å²) in [5.74, 6) is -1.59. The van der Waals surface area contributed by atoms with Gasteiger partial charge in [0.05, 0.1) is 18.4 Å². The number of carbonyl (C=O) groups is 2. The molecule has 0 aliphatic heterocycles. The van der Waals surface area contributed by atoms with Crippen molar-refractivity contribution in [2.75, 3.05) is 25.4 Å². The van der Waals surface area contributed by atoms with E-state index in [1.807, 2.05) is 6.92 Å². The Bertz CT molecular complexity index is 644. The summed E-state index contributed by atoms with van der Waals surface area (Å²) in [6.45, 7) is 3.39. The smallest absolute Gasteiger partial charge is 0.414 e. The fourth-order valence-corrected chi connectivity index (χ4v) is 2.06. The van der Waals surface area contributed by atoms with E-state index >= 15 is 0 Å². The van der Waals surface area contributed by atoms with Crippen LogP contribution in [0, 0.1) is 6.92 Å². The van der Waals surface area contributed by atoms with Crippen LogP contribution in [0.5, 0.6) is 0 Å². The van der Waals surface area contributed by atoms with Gasteiger partial charge in [-0.1, -0.05) is 11.8 Å². The number of hydrogen-bond acceptors (Lipinski definition) is 9. The molecule has 132 valence electrons. The summed E-state index contributed by atoms with van der Waals surface area (Å²) in [6.07, 6.45) is 1.60. The van der Waals surface area contributed by atoms with Crippen molar-refractivity contribution < 1.29 is 33.7 Å². The molecule has 0 atom stereocenters. The second-order valence-electron chi connectivity index (χ2n) is 4.20. The summed E-state index contributed by atoms with van der Waals surface area (Å²) in [5.41, 5.74) is 0.827. The standard InChI is InChI=1S/C11H15N3O3S.C2H2O4/c1-8-9(2-6-16-8)10-13-14-11(17-10)18-7-4-12-3-5-15;3-1(4)2(5)6/h2,6,12,15H,3-5,7H2,1H3;(H,3,4)(H,5,6). The van der Waals surface area contributed by atoms with E-state index in [9.17, 15) is 0 Å². The van der Waals surface area contributed by atoms with Crippen LogP contribution in [0.3, 0.4) is 0 Å². The number of carboxylic acid groups (broad SMARTS) is 2. The topological polar surface area (TPSA) is 159 Å². The summed E-state index contributed by atoms with van der Waals surface area (Å²) in [5, 5.41) is 34.9. The molecule has 0 saturated heterocycles. The summed E-state index contributed by atoms with van der Waals surface area (Å²) in [7, 11) is 0. The van der Waals surface area contributed by atoms with Crippen LogP contribution in [0.2, 0.25) is 0 Å². The number of furan rings is 1. The molecule has 10 nitrogen and oxygen atoms in total. The SMILES string of the molecule is Cc1occc1-c1nnc(SCCNCCO)o1.O=C(O)C(=O)O. The molecule has 0 fully saturated rings. The molecule has 4 N–H and O–H groups in total. The van der Waals surface area contributed by atoms with Gasteiger partial charge in [0.1, 0.15) is 5.76 Å². The van der Waals surface area contributed by atoms with Crippen molar-refractivity contribution in [2.24, 2.45) is 0 Å². The van der Waals surface area contributed by atoms with Crippen LogP contribution < -0.4 is 5.32 Å². The number of aliphatic hydroxyl groups excluding tert-OH is 1. The van der Waals surface area contributed by atoms with Gasteiger partial charge in [-0.3, -0.25) is 0 Å². The molecule has 0 amide bonds. The van der Waals surface area contributed by atoms with Crippen molar-refractivity contribution in [1.29, 1.82) is 0 Å². The van der Waals surface area contributed by atoms with Gasteiger partial charge in [-0.15, -0.1) is 10.2 Å². The van der Waals surface area contributed by atoms with Gasteiger partial charge < -0.3 is 29.5 Å². The second kappa shape index (κ2) is 10.4. The number of rotatable bonds is 7. The van der Waals surface area contributed by atoms with Gasteiger partial charge >= 0.3 is 11.9 Å². The molecule has 2 heterocycles. The zero-order valence-corrected chi connectivity index (χ0v) is 13.6. The van der Waals surface area contributed by atoms with Crippen molar-refractivity contribution in [2.45, 2.75) is 12.1 Å². The van der Waals surface area contributed by atoms with Crippen molar-refractivity contribution in [3.05, 3.63) is 18.1 Å². The minimum atomic E-state index is -1.82. The molecule has 0 aliphatic carbocycles. The Hall–Kier alpha value is -2.37. The molecular formula is C13H17N3O7S. The Morgan fingerprint density at radius 1 is 1.25 bits per heavy atom. The molecular weight excluding hydrogens is 342 g/mol. The highest BCUT2D eigenvalue weighted by molar-refractivity contribution is 7.99. The van der Waals surface area contributed by atoms with Crippen LogP contribution in [0.4, 0.5) is 0 Å². The number of aryl methyl sites for hydroxylation is 1. The van der Waals surface area contributed by atoms with Crippen LogP contribution in [-0.4, -0.2) is 62.9 Å². The van der Waals surface area contributed by atoms with Crippen LogP contribution in [0.15, 0.2) is 26.4 Å². The van der Waals surface area contributed by atoms with E-state index in [0.29, 0.717) is 17.7 Å². The Morgan fingerprint density at radius 3 is 2.50 bits per heavy atom. The van der Waals surface area contributed by atoms with E-state index in [-0.39, 0.29) is 6.61 Å². The third-order valence-electron chi connectivity index (χ3n) is 2.47. The number of aliphatic hydroxyl groups is 1. The van der Waals surface area contributed by atoms with Crippen LogP contribution >= 0.6 is 11.8 Å². The summed E-state index contributed by atoms with van der Waals surface area (Å²) in [4.78, 5) is 18.2. The van der Waals surface area contributed by atoms with Crippen LogP contribution in [0.1, 0.15) is 5.76 Å². The molecule has 0 unspecified atom stereocenters. The first-order valence-electron chi connectivity index (χ1n) is 6.74. The molecule has 2 aromatic rings. The van der Waals surface area contributed by atoms with Gasteiger partial charge in [-0.05, 0) is 13.0 Å². The lowest BCUT2D eigenvalue weighted by molar-refractivity contribution is -0.159. The van der Waals surface area contributed by atoms with Crippen molar-refractivity contribution in [3.8, 4) is 11.5 Å². The predicted octanol–water partition coefficient (Wildman–Crippen LogP) is 0.468. The molecule has 0 saturated carbocycles. The minimum absolute atomic E-state index is 0.148. The number of thioether (sulfide) groups is 1. The highest BCUT2D eigenvalue weighted by atomic mass is 32.2. The Kier molecular flexibility index (Phi) is 8.54. The molecule has 2 aromatic heterocycles. The van der Waals surface area contributed by atoms with E-state index in [1.165, 1.54) is 11.8 Å². The summed E-state index contributed by atoms with van der Waals surface area (Å²) in [6, 6.07) is 1.81. The zero-order chi connectivity index (χ0) is 17.9.